The number of ether oxygens (including phenoxy) is 1. The molecule has 2 unspecified atom stereocenters. The van der Waals surface area contributed by atoms with Crippen molar-refractivity contribution in [2.45, 2.75) is 334 Å². The van der Waals surface area contributed by atoms with Crippen molar-refractivity contribution >= 4 is 11.9 Å². The van der Waals surface area contributed by atoms with Gasteiger partial charge in [-0.15, -0.1) is 0 Å². The van der Waals surface area contributed by atoms with Crippen LogP contribution in [0.5, 0.6) is 0 Å². The fraction of sp³-hybridized carbons (Fsp3) is 0.900. The van der Waals surface area contributed by atoms with Gasteiger partial charge in [-0.2, -0.15) is 0 Å². The molecule has 6 heteroatoms. The van der Waals surface area contributed by atoms with Crippen LogP contribution in [0.4, 0.5) is 0 Å². The maximum Gasteiger partial charge on any atom is 0.305 e. The Labute approximate surface area is 411 Å². The molecule has 0 aromatic carbocycles. The minimum Gasteiger partial charge on any atom is -0.466 e. The van der Waals surface area contributed by atoms with Crippen LogP contribution in [0.25, 0.3) is 0 Å². The van der Waals surface area contributed by atoms with E-state index in [-0.39, 0.29) is 18.5 Å². The zero-order chi connectivity index (χ0) is 47.9. The van der Waals surface area contributed by atoms with Gasteiger partial charge in [0.15, 0.2) is 0 Å². The van der Waals surface area contributed by atoms with Gasteiger partial charge in [-0.25, -0.2) is 0 Å². The molecule has 0 aliphatic heterocycles. The molecule has 0 bridgehead atoms. The Bertz CT molecular complexity index is 1030. The highest BCUT2D eigenvalue weighted by molar-refractivity contribution is 5.76. The Hall–Kier alpha value is -1.66. The molecule has 0 radical (unpaired) electrons. The van der Waals surface area contributed by atoms with Crippen molar-refractivity contribution in [2.24, 2.45) is 0 Å². The Kier molecular flexibility index (Phi) is 54.5. The summed E-state index contributed by atoms with van der Waals surface area (Å²) in [6, 6.07) is -0.552. The van der Waals surface area contributed by atoms with Crippen molar-refractivity contribution in [1.29, 1.82) is 0 Å². The summed E-state index contributed by atoms with van der Waals surface area (Å²) in [4.78, 5) is 24.6. The molecule has 0 aliphatic rings. The Balaban J connectivity index is 3.45. The van der Waals surface area contributed by atoms with E-state index in [9.17, 15) is 19.8 Å². The lowest BCUT2D eigenvalue weighted by molar-refractivity contribution is -0.143. The van der Waals surface area contributed by atoms with Crippen molar-refractivity contribution in [1.82, 2.24) is 5.32 Å². The van der Waals surface area contributed by atoms with Crippen LogP contribution < -0.4 is 5.32 Å². The van der Waals surface area contributed by atoms with Gasteiger partial charge in [-0.1, -0.05) is 276 Å². The average Bonchev–Trinajstić information content (AvgIpc) is 3.32. The lowest BCUT2D eigenvalue weighted by Crippen LogP contribution is -2.45. The minimum absolute atomic E-state index is 0.0181. The van der Waals surface area contributed by atoms with Gasteiger partial charge in [-0.05, 0) is 57.8 Å². The molecular weight excluding hydrogens is 815 g/mol. The molecule has 2 atom stereocenters. The Morgan fingerprint density at radius 3 is 1.17 bits per heavy atom. The standard InChI is InChI=1S/C60H115NO5/c1-3-5-7-9-11-13-15-17-19-21-22-23-24-25-28-32-36-40-44-48-52-58(63)57(56-62)61-59(64)53-49-45-41-37-33-29-27-31-35-39-43-47-51-55-66-60(65)54-50-46-42-38-34-30-26-20-18-16-14-12-10-8-6-4-2/h14,16,20,26,57-58,62-63H,3-13,15,17-19,21-25,27-56H2,1-2H3,(H,61,64)/b16-14-,26-20-. The Morgan fingerprint density at radius 2 is 0.758 bits per heavy atom. The van der Waals surface area contributed by atoms with E-state index in [2.05, 4.69) is 43.5 Å². The molecule has 0 spiro atoms. The van der Waals surface area contributed by atoms with Crippen molar-refractivity contribution in [3.8, 4) is 0 Å². The van der Waals surface area contributed by atoms with Gasteiger partial charge < -0.3 is 20.3 Å². The summed E-state index contributed by atoms with van der Waals surface area (Å²) in [5.74, 6) is -0.0639. The predicted molar refractivity (Wildman–Crippen MR) is 287 cm³/mol. The monoisotopic (exact) mass is 930 g/mol. The second-order valence-electron chi connectivity index (χ2n) is 20.3. The number of allylic oxidation sites excluding steroid dienone is 4. The number of hydrogen-bond acceptors (Lipinski definition) is 5. The molecule has 0 saturated carbocycles. The van der Waals surface area contributed by atoms with E-state index >= 15 is 0 Å². The molecule has 390 valence electrons. The molecule has 6 nitrogen and oxygen atoms in total. The van der Waals surface area contributed by atoms with E-state index in [4.69, 9.17) is 4.74 Å². The van der Waals surface area contributed by atoms with E-state index in [0.29, 0.717) is 25.9 Å². The lowest BCUT2D eigenvalue weighted by Gasteiger charge is -2.22. The van der Waals surface area contributed by atoms with Crippen LogP contribution in [-0.4, -0.2) is 47.4 Å². The van der Waals surface area contributed by atoms with Crippen LogP contribution in [-0.2, 0) is 14.3 Å². The number of carbonyl (C=O) groups is 2. The van der Waals surface area contributed by atoms with E-state index in [1.807, 2.05) is 0 Å². The molecule has 0 saturated heterocycles. The van der Waals surface area contributed by atoms with Crippen molar-refractivity contribution in [3.63, 3.8) is 0 Å². The number of aliphatic hydroxyl groups is 2. The van der Waals surface area contributed by atoms with E-state index in [1.165, 1.54) is 231 Å². The van der Waals surface area contributed by atoms with Gasteiger partial charge in [-0.3, -0.25) is 9.59 Å². The smallest absolute Gasteiger partial charge is 0.305 e. The van der Waals surface area contributed by atoms with Gasteiger partial charge in [0.2, 0.25) is 5.91 Å². The minimum atomic E-state index is -0.674. The lowest BCUT2D eigenvalue weighted by atomic mass is 10.0. The Morgan fingerprint density at radius 1 is 0.424 bits per heavy atom. The summed E-state index contributed by atoms with van der Waals surface area (Å²) < 4.78 is 5.47. The number of nitrogens with one attached hydrogen (secondary N) is 1. The van der Waals surface area contributed by atoms with Crippen LogP contribution in [0.15, 0.2) is 24.3 Å². The maximum atomic E-state index is 12.5. The van der Waals surface area contributed by atoms with E-state index < -0.39 is 12.1 Å². The summed E-state index contributed by atoms with van der Waals surface area (Å²) in [6.07, 6.45) is 67.3. The fourth-order valence-electron chi connectivity index (χ4n) is 9.20. The highest BCUT2D eigenvalue weighted by Crippen LogP contribution is 2.17. The molecule has 0 aromatic rings. The highest BCUT2D eigenvalue weighted by atomic mass is 16.5. The first kappa shape index (κ1) is 64.3. The summed E-state index contributed by atoms with van der Waals surface area (Å²) in [5.41, 5.74) is 0. The second kappa shape index (κ2) is 55.9. The summed E-state index contributed by atoms with van der Waals surface area (Å²) in [5, 5.41) is 23.3. The molecule has 0 rings (SSSR count). The van der Waals surface area contributed by atoms with Crippen LogP contribution in [0.1, 0.15) is 322 Å². The molecule has 0 aromatic heterocycles. The number of rotatable bonds is 55. The fourth-order valence-corrected chi connectivity index (χ4v) is 9.20. The van der Waals surface area contributed by atoms with Crippen LogP contribution in [0.2, 0.25) is 0 Å². The average molecular weight is 931 g/mol. The molecule has 0 fully saturated rings. The summed E-state index contributed by atoms with van der Waals surface area (Å²) >= 11 is 0. The molecule has 0 aliphatic carbocycles. The van der Waals surface area contributed by atoms with Gasteiger partial charge in [0.1, 0.15) is 0 Å². The van der Waals surface area contributed by atoms with E-state index in [0.717, 1.165) is 57.8 Å². The number of hydrogen-bond donors (Lipinski definition) is 3. The molecule has 0 heterocycles. The third-order valence-corrected chi connectivity index (χ3v) is 13.8. The van der Waals surface area contributed by atoms with E-state index in [1.54, 1.807) is 0 Å². The zero-order valence-corrected chi connectivity index (χ0v) is 44.4. The first-order valence-corrected chi connectivity index (χ1v) is 29.6. The van der Waals surface area contributed by atoms with Gasteiger partial charge >= 0.3 is 5.97 Å². The zero-order valence-electron chi connectivity index (χ0n) is 44.4. The molecule has 1 amide bonds. The maximum absolute atomic E-state index is 12.5. The van der Waals surface area contributed by atoms with Gasteiger partial charge in [0.05, 0.1) is 25.4 Å². The SMILES string of the molecule is CCCCCC/C=C\C/C=C\CCCCCCCC(=O)OCCCCCCCCCCCCCCCC(=O)NC(CO)C(O)CCCCCCCCCCCCCCCCCCCCCC. The second-order valence-corrected chi connectivity index (χ2v) is 20.3. The topological polar surface area (TPSA) is 95.9 Å². The van der Waals surface area contributed by atoms with Crippen molar-refractivity contribution < 1.29 is 24.5 Å². The van der Waals surface area contributed by atoms with Crippen LogP contribution >= 0.6 is 0 Å². The third-order valence-electron chi connectivity index (χ3n) is 13.8. The molecule has 3 N–H and O–H groups in total. The van der Waals surface area contributed by atoms with Crippen LogP contribution in [0.3, 0.4) is 0 Å². The number of unbranched alkanes of at least 4 members (excludes halogenated alkanes) is 40. The number of esters is 1. The highest BCUT2D eigenvalue weighted by Gasteiger charge is 2.20. The number of amides is 1. The number of carbonyl (C=O) groups excluding carboxylic acids is 2. The molecular formula is C60H115NO5. The quantitative estimate of drug-likeness (QED) is 0.0321. The van der Waals surface area contributed by atoms with Crippen LogP contribution in [0, 0.1) is 0 Å². The third kappa shape index (κ3) is 51.7. The summed E-state index contributed by atoms with van der Waals surface area (Å²) in [7, 11) is 0. The van der Waals surface area contributed by atoms with Gasteiger partial charge in [0, 0.05) is 12.8 Å². The first-order valence-electron chi connectivity index (χ1n) is 29.6. The predicted octanol–water partition coefficient (Wildman–Crippen LogP) is 18.2. The summed E-state index contributed by atoms with van der Waals surface area (Å²) in [6.45, 7) is 4.92. The normalized spacial score (nSPS) is 12.7. The first-order chi connectivity index (χ1) is 32.5. The number of aliphatic hydroxyl groups excluding tert-OH is 2. The van der Waals surface area contributed by atoms with Crippen molar-refractivity contribution in [3.05, 3.63) is 24.3 Å². The van der Waals surface area contributed by atoms with Crippen molar-refractivity contribution in [2.75, 3.05) is 13.2 Å². The largest absolute Gasteiger partial charge is 0.466 e. The molecule has 66 heavy (non-hydrogen) atoms. The van der Waals surface area contributed by atoms with Gasteiger partial charge in [0.25, 0.3) is 0 Å².